The number of aromatic amines is 2. The third kappa shape index (κ3) is 4.02. The van der Waals surface area contributed by atoms with Gasteiger partial charge in [-0.3, -0.25) is 10.1 Å². The number of carbonyl (C=O) groups excluding carboxylic acids is 1. The van der Waals surface area contributed by atoms with Crippen LogP contribution in [0, 0.1) is 0 Å². The lowest BCUT2D eigenvalue weighted by molar-refractivity contribution is -0.115. The van der Waals surface area contributed by atoms with E-state index < -0.39 is 0 Å². The molecule has 1 heterocycles. The van der Waals surface area contributed by atoms with E-state index in [0.29, 0.717) is 16.7 Å². The third-order valence-electron chi connectivity index (χ3n) is 4.53. The summed E-state index contributed by atoms with van der Waals surface area (Å²) in [5.41, 5.74) is 3.90. The molecular weight excluding hydrogens is 352 g/mol. The summed E-state index contributed by atoms with van der Waals surface area (Å²) in [7, 11) is 0. The number of anilines is 1. The van der Waals surface area contributed by atoms with Gasteiger partial charge in [0.05, 0.1) is 23.6 Å². The highest BCUT2D eigenvalue weighted by Gasteiger charge is 2.15. The molecule has 140 valence electrons. The van der Waals surface area contributed by atoms with E-state index in [0.717, 1.165) is 11.1 Å². The number of hydrogen-bond donors (Lipinski definition) is 4. The standard InChI is InChI=1S/C22H20N4O2/c27-20(24-17-11-12-18-19(13-17)26-22(28)25-18)14-23-21(15-7-3-1-4-8-15)16-9-5-2-6-10-16/h1-13,21,23H,14H2,(H,24,27)(H2,25,26,28). The lowest BCUT2D eigenvalue weighted by atomic mass is 9.99. The highest BCUT2D eigenvalue weighted by molar-refractivity contribution is 5.94. The van der Waals surface area contributed by atoms with Crippen molar-refractivity contribution in [3.8, 4) is 0 Å². The van der Waals surface area contributed by atoms with Gasteiger partial charge in [-0.1, -0.05) is 60.7 Å². The van der Waals surface area contributed by atoms with Crippen LogP contribution in [0.25, 0.3) is 11.0 Å². The van der Waals surface area contributed by atoms with Crippen molar-refractivity contribution in [2.24, 2.45) is 0 Å². The van der Waals surface area contributed by atoms with Crippen LogP contribution in [0.4, 0.5) is 5.69 Å². The van der Waals surface area contributed by atoms with E-state index in [1.165, 1.54) is 0 Å². The molecule has 28 heavy (non-hydrogen) atoms. The molecule has 0 atom stereocenters. The van der Waals surface area contributed by atoms with Crippen molar-refractivity contribution in [1.29, 1.82) is 0 Å². The molecule has 6 heteroatoms. The first-order valence-electron chi connectivity index (χ1n) is 9.04. The fraction of sp³-hybridized carbons (Fsp3) is 0.0909. The lowest BCUT2D eigenvalue weighted by Crippen LogP contribution is -2.31. The van der Waals surface area contributed by atoms with Crippen molar-refractivity contribution in [3.05, 3.63) is 100 Å². The normalized spacial score (nSPS) is 11.0. The van der Waals surface area contributed by atoms with Gasteiger partial charge in [-0.15, -0.1) is 0 Å². The number of aromatic nitrogens is 2. The Balaban J connectivity index is 1.47. The Morgan fingerprint density at radius 1 is 0.821 bits per heavy atom. The minimum Gasteiger partial charge on any atom is -0.325 e. The number of imidazole rings is 1. The second-order valence-corrected chi connectivity index (χ2v) is 6.52. The number of nitrogens with one attached hydrogen (secondary N) is 4. The molecule has 0 bridgehead atoms. The van der Waals surface area contributed by atoms with E-state index in [4.69, 9.17) is 0 Å². The van der Waals surface area contributed by atoms with Crippen molar-refractivity contribution in [3.63, 3.8) is 0 Å². The van der Waals surface area contributed by atoms with Gasteiger partial charge in [-0.05, 0) is 29.3 Å². The molecule has 4 rings (SSSR count). The van der Waals surface area contributed by atoms with E-state index in [-0.39, 0.29) is 24.2 Å². The van der Waals surface area contributed by atoms with Gasteiger partial charge >= 0.3 is 5.69 Å². The summed E-state index contributed by atoms with van der Waals surface area (Å²) in [6, 6.07) is 25.2. The predicted octanol–water partition coefficient (Wildman–Crippen LogP) is 3.17. The van der Waals surface area contributed by atoms with Crippen molar-refractivity contribution < 1.29 is 4.79 Å². The molecule has 0 aliphatic rings. The summed E-state index contributed by atoms with van der Waals surface area (Å²) in [6.07, 6.45) is 0. The Hall–Kier alpha value is -3.64. The molecule has 1 amide bonds. The maximum Gasteiger partial charge on any atom is 0.323 e. The number of benzene rings is 3. The first kappa shape index (κ1) is 17.8. The SMILES string of the molecule is O=C(CNC(c1ccccc1)c1ccccc1)Nc1ccc2[nH]c(=O)[nH]c2c1. The van der Waals surface area contributed by atoms with Gasteiger partial charge in [-0.25, -0.2) is 4.79 Å². The highest BCUT2D eigenvalue weighted by atomic mass is 16.2. The van der Waals surface area contributed by atoms with Crippen LogP contribution in [0.5, 0.6) is 0 Å². The number of hydrogen-bond acceptors (Lipinski definition) is 3. The summed E-state index contributed by atoms with van der Waals surface area (Å²) in [4.78, 5) is 29.2. The largest absolute Gasteiger partial charge is 0.325 e. The van der Waals surface area contributed by atoms with Gasteiger partial charge in [0.25, 0.3) is 0 Å². The third-order valence-corrected chi connectivity index (χ3v) is 4.53. The van der Waals surface area contributed by atoms with Gasteiger partial charge in [0.1, 0.15) is 0 Å². The molecule has 0 spiro atoms. The van der Waals surface area contributed by atoms with Crippen molar-refractivity contribution in [2.45, 2.75) is 6.04 Å². The molecule has 0 saturated heterocycles. The van der Waals surface area contributed by atoms with E-state index in [1.54, 1.807) is 18.2 Å². The molecule has 4 aromatic rings. The maximum absolute atomic E-state index is 12.5. The molecular formula is C22H20N4O2. The van der Waals surface area contributed by atoms with Gasteiger partial charge < -0.3 is 15.3 Å². The van der Waals surface area contributed by atoms with Crippen LogP contribution >= 0.6 is 0 Å². The first-order chi connectivity index (χ1) is 13.7. The summed E-state index contributed by atoms with van der Waals surface area (Å²) < 4.78 is 0. The van der Waals surface area contributed by atoms with Crippen molar-refractivity contribution in [2.75, 3.05) is 11.9 Å². The molecule has 1 aromatic heterocycles. The Morgan fingerprint density at radius 3 is 2.07 bits per heavy atom. The van der Waals surface area contributed by atoms with E-state index >= 15 is 0 Å². The molecule has 3 aromatic carbocycles. The minimum atomic E-state index is -0.270. The summed E-state index contributed by atoms with van der Waals surface area (Å²) >= 11 is 0. The Morgan fingerprint density at radius 2 is 1.43 bits per heavy atom. The average Bonchev–Trinajstić information content (AvgIpc) is 3.09. The predicted molar refractivity (Wildman–Crippen MR) is 110 cm³/mol. The Labute approximate surface area is 161 Å². The molecule has 0 saturated carbocycles. The summed E-state index contributed by atoms with van der Waals surface area (Å²) in [5, 5.41) is 6.20. The van der Waals surface area contributed by atoms with Crippen LogP contribution in [-0.2, 0) is 4.79 Å². The van der Waals surface area contributed by atoms with Gasteiger partial charge in [0.15, 0.2) is 0 Å². The van der Waals surface area contributed by atoms with Gasteiger partial charge in [0.2, 0.25) is 5.91 Å². The molecule has 0 aliphatic carbocycles. The van der Waals surface area contributed by atoms with Crippen LogP contribution in [0.2, 0.25) is 0 Å². The zero-order valence-corrected chi connectivity index (χ0v) is 15.1. The number of H-pyrrole nitrogens is 2. The Bertz CT molecular complexity index is 1090. The molecule has 0 radical (unpaired) electrons. The lowest BCUT2D eigenvalue weighted by Gasteiger charge is -2.19. The number of rotatable bonds is 6. The van der Waals surface area contributed by atoms with Crippen LogP contribution in [0.1, 0.15) is 17.2 Å². The van der Waals surface area contributed by atoms with Crippen LogP contribution in [0.15, 0.2) is 83.7 Å². The van der Waals surface area contributed by atoms with Gasteiger partial charge in [-0.2, -0.15) is 0 Å². The fourth-order valence-electron chi connectivity index (χ4n) is 3.23. The van der Waals surface area contributed by atoms with E-state index in [9.17, 15) is 9.59 Å². The number of amides is 1. The van der Waals surface area contributed by atoms with E-state index in [2.05, 4.69) is 20.6 Å². The van der Waals surface area contributed by atoms with E-state index in [1.807, 2.05) is 60.7 Å². The molecule has 6 nitrogen and oxygen atoms in total. The fourth-order valence-corrected chi connectivity index (χ4v) is 3.23. The van der Waals surface area contributed by atoms with Crippen molar-refractivity contribution >= 4 is 22.6 Å². The monoisotopic (exact) mass is 372 g/mol. The summed E-state index contributed by atoms with van der Waals surface area (Å²) in [5.74, 6) is -0.158. The van der Waals surface area contributed by atoms with Crippen molar-refractivity contribution in [1.82, 2.24) is 15.3 Å². The quantitative estimate of drug-likeness (QED) is 0.419. The average molecular weight is 372 g/mol. The maximum atomic E-state index is 12.5. The zero-order valence-electron chi connectivity index (χ0n) is 15.1. The number of fused-ring (bicyclic) bond motifs is 1. The first-order valence-corrected chi connectivity index (χ1v) is 9.04. The van der Waals surface area contributed by atoms with Crippen LogP contribution < -0.4 is 16.3 Å². The molecule has 4 N–H and O–H groups in total. The van der Waals surface area contributed by atoms with Crippen LogP contribution in [0.3, 0.4) is 0 Å². The molecule has 0 fully saturated rings. The van der Waals surface area contributed by atoms with Crippen LogP contribution in [-0.4, -0.2) is 22.4 Å². The van der Waals surface area contributed by atoms with Gasteiger partial charge in [0, 0.05) is 5.69 Å². The number of carbonyl (C=O) groups is 1. The Kier molecular flexibility index (Phi) is 5.03. The second kappa shape index (κ2) is 7.94. The topological polar surface area (TPSA) is 89.8 Å². The highest BCUT2D eigenvalue weighted by Crippen LogP contribution is 2.21. The molecule has 0 unspecified atom stereocenters. The zero-order chi connectivity index (χ0) is 19.3. The smallest absolute Gasteiger partial charge is 0.323 e. The summed E-state index contributed by atoms with van der Waals surface area (Å²) in [6.45, 7) is 0.149. The second-order valence-electron chi connectivity index (χ2n) is 6.52. The minimum absolute atomic E-state index is 0.0864. The molecule has 0 aliphatic heterocycles.